The minimum absolute atomic E-state index is 0.136. The third-order valence-electron chi connectivity index (χ3n) is 2.21. The highest BCUT2D eigenvalue weighted by Crippen LogP contribution is 2.19. The molecule has 0 saturated carbocycles. The molecule has 0 spiro atoms. The highest BCUT2D eigenvalue weighted by atomic mass is 32.1. The zero-order valence-corrected chi connectivity index (χ0v) is 9.61. The molecule has 1 aromatic carbocycles. The standard InChI is InChI=1S/C12H13NO2S/c14-6-5-10-3-1-2-4-12(10)15-7-11-8-16-9-13-11/h1-4,8-9,14H,5-7H2. The molecule has 4 heteroatoms. The summed E-state index contributed by atoms with van der Waals surface area (Å²) in [5.74, 6) is 0.824. The summed E-state index contributed by atoms with van der Waals surface area (Å²) in [5, 5.41) is 10.9. The molecule has 84 valence electrons. The third-order valence-corrected chi connectivity index (χ3v) is 2.85. The number of aliphatic hydroxyl groups excluding tert-OH is 1. The predicted molar refractivity (Wildman–Crippen MR) is 63.7 cm³/mol. The average Bonchev–Trinajstić information content (AvgIpc) is 2.81. The zero-order valence-electron chi connectivity index (χ0n) is 8.80. The van der Waals surface area contributed by atoms with E-state index >= 15 is 0 Å². The van der Waals surface area contributed by atoms with E-state index in [0.717, 1.165) is 17.0 Å². The summed E-state index contributed by atoms with van der Waals surface area (Å²) in [6.07, 6.45) is 0.618. The molecule has 1 aromatic heterocycles. The Morgan fingerprint density at radius 1 is 1.31 bits per heavy atom. The lowest BCUT2D eigenvalue weighted by Gasteiger charge is -2.09. The van der Waals surface area contributed by atoms with Gasteiger partial charge in [0.15, 0.2) is 0 Å². The molecule has 0 amide bonds. The molecular formula is C12H13NO2S. The van der Waals surface area contributed by atoms with Gasteiger partial charge in [0.1, 0.15) is 12.4 Å². The van der Waals surface area contributed by atoms with Gasteiger partial charge in [0.2, 0.25) is 0 Å². The molecule has 0 aliphatic heterocycles. The van der Waals surface area contributed by atoms with Crippen LogP contribution >= 0.6 is 11.3 Å². The molecule has 1 N–H and O–H groups in total. The van der Waals surface area contributed by atoms with Crippen LogP contribution in [0.2, 0.25) is 0 Å². The van der Waals surface area contributed by atoms with E-state index in [2.05, 4.69) is 4.98 Å². The smallest absolute Gasteiger partial charge is 0.131 e. The average molecular weight is 235 g/mol. The molecule has 3 nitrogen and oxygen atoms in total. The molecule has 0 saturated heterocycles. The fourth-order valence-electron chi connectivity index (χ4n) is 1.43. The van der Waals surface area contributed by atoms with Crippen molar-refractivity contribution in [1.82, 2.24) is 4.98 Å². The van der Waals surface area contributed by atoms with Crippen molar-refractivity contribution in [2.45, 2.75) is 13.0 Å². The lowest BCUT2D eigenvalue weighted by molar-refractivity contribution is 0.282. The van der Waals surface area contributed by atoms with Crippen LogP contribution < -0.4 is 4.74 Å². The van der Waals surface area contributed by atoms with Crippen molar-refractivity contribution in [3.05, 3.63) is 46.4 Å². The van der Waals surface area contributed by atoms with Gasteiger partial charge in [0.25, 0.3) is 0 Å². The van der Waals surface area contributed by atoms with Crippen LogP contribution in [0.3, 0.4) is 0 Å². The Labute approximate surface area is 98.4 Å². The number of aliphatic hydroxyl groups is 1. The number of hydrogen-bond donors (Lipinski definition) is 1. The number of thiazole rings is 1. The van der Waals surface area contributed by atoms with Gasteiger partial charge in [-0.2, -0.15) is 0 Å². The van der Waals surface area contributed by atoms with Gasteiger partial charge in [-0.05, 0) is 18.1 Å². The van der Waals surface area contributed by atoms with Gasteiger partial charge in [-0.15, -0.1) is 11.3 Å². The Morgan fingerprint density at radius 2 is 2.19 bits per heavy atom. The predicted octanol–water partition coefficient (Wildman–Crippen LogP) is 2.26. The molecule has 0 aliphatic carbocycles. The number of ether oxygens (including phenoxy) is 1. The van der Waals surface area contributed by atoms with Crippen LogP contribution in [-0.2, 0) is 13.0 Å². The maximum Gasteiger partial charge on any atom is 0.131 e. The Kier molecular flexibility index (Phi) is 3.91. The van der Waals surface area contributed by atoms with Crippen LogP contribution in [0.1, 0.15) is 11.3 Å². The Bertz CT molecular complexity index is 428. The molecule has 0 atom stereocenters. The lowest BCUT2D eigenvalue weighted by atomic mass is 10.1. The second-order valence-electron chi connectivity index (χ2n) is 3.35. The van der Waals surface area contributed by atoms with Crippen molar-refractivity contribution in [3.63, 3.8) is 0 Å². The van der Waals surface area contributed by atoms with Gasteiger partial charge < -0.3 is 9.84 Å². The van der Waals surface area contributed by atoms with Gasteiger partial charge in [-0.1, -0.05) is 18.2 Å². The second-order valence-corrected chi connectivity index (χ2v) is 4.07. The first kappa shape index (κ1) is 11.1. The first-order valence-electron chi connectivity index (χ1n) is 5.09. The molecule has 2 rings (SSSR count). The summed E-state index contributed by atoms with van der Waals surface area (Å²) in [5.41, 5.74) is 3.75. The first-order chi connectivity index (χ1) is 7.90. The number of aromatic nitrogens is 1. The van der Waals surface area contributed by atoms with E-state index in [1.165, 1.54) is 0 Å². The van der Waals surface area contributed by atoms with Gasteiger partial charge in [0.05, 0.1) is 11.2 Å². The van der Waals surface area contributed by atoms with Crippen LogP contribution in [-0.4, -0.2) is 16.7 Å². The van der Waals surface area contributed by atoms with E-state index in [1.54, 1.807) is 16.8 Å². The van der Waals surface area contributed by atoms with Crippen molar-refractivity contribution in [2.24, 2.45) is 0 Å². The Balaban J connectivity index is 2.03. The number of nitrogens with zero attached hydrogens (tertiary/aromatic N) is 1. The van der Waals surface area contributed by atoms with Crippen LogP contribution in [0.15, 0.2) is 35.2 Å². The third kappa shape index (κ3) is 2.81. The number of para-hydroxylation sites is 1. The highest BCUT2D eigenvalue weighted by Gasteiger charge is 2.03. The summed E-state index contributed by atoms with van der Waals surface area (Å²) in [7, 11) is 0. The molecule has 0 fully saturated rings. The van der Waals surface area contributed by atoms with Crippen molar-refractivity contribution in [1.29, 1.82) is 0 Å². The van der Waals surface area contributed by atoms with Crippen molar-refractivity contribution >= 4 is 11.3 Å². The fourth-order valence-corrected chi connectivity index (χ4v) is 1.98. The minimum atomic E-state index is 0.136. The van der Waals surface area contributed by atoms with Crippen molar-refractivity contribution < 1.29 is 9.84 Å². The van der Waals surface area contributed by atoms with Crippen LogP contribution in [0.4, 0.5) is 0 Å². The quantitative estimate of drug-likeness (QED) is 0.864. The largest absolute Gasteiger partial charge is 0.487 e. The highest BCUT2D eigenvalue weighted by molar-refractivity contribution is 7.07. The SMILES string of the molecule is OCCc1ccccc1OCc1cscn1. The van der Waals surface area contributed by atoms with Gasteiger partial charge in [-0.3, -0.25) is 0 Å². The molecule has 0 bridgehead atoms. The van der Waals surface area contributed by atoms with Crippen LogP contribution in [0.5, 0.6) is 5.75 Å². The molecule has 0 unspecified atom stereocenters. The minimum Gasteiger partial charge on any atom is -0.487 e. The second kappa shape index (κ2) is 5.63. The zero-order chi connectivity index (χ0) is 11.2. The maximum absolute atomic E-state index is 8.93. The van der Waals surface area contributed by atoms with E-state index < -0.39 is 0 Å². The van der Waals surface area contributed by atoms with Crippen LogP contribution in [0.25, 0.3) is 0 Å². The molecule has 0 radical (unpaired) electrons. The van der Waals surface area contributed by atoms with Gasteiger partial charge in [-0.25, -0.2) is 4.98 Å². The monoisotopic (exact) mass is 235 g/mol. The van der Waals surface area contributed by atoms with Crippen molar-refractivity contribution in [3.8, 4) is 5.75 Å². The summed E-state index contributed by atoms with van der Waals surface area (Å²) in [4.78, 5) is 4.15. The van der Waals surface area contributed by atoms with E-state index in [9.17, 15) is 0 Å². The normalized spacial score (nSPS) is 10.3. The molecule has 16 heavy (non-hydrogen) atoms. The lowest BCUT2D eigenvalue weighted by Crippen LogP contribution is -2.00. The molecule has 2 aromatic rings. The Morgan fingerprint density at radius 3 is 2.94 bits per heavy atom. The summed E-state index contributed by atoms with van der Waals surface area (Å²) in [6, 6.07) is 7.75. The summed E-state index contributed by atoms with van der Waals surface area (Å²) < 4.78 is 5.67. The summed E-state index contributed by atoms with van der Waals surface area (Å²) >= 11 is 1.56. The number of rotatable bonds is 5. The molecular weight excluding hydrogens is 222 g/mol. The van der Waals surface area contributed by atoms with Crippen LogP contribution in [0, 0.1) is 0 Å². The van der Waals surface area contributed by atoms with E-state index in [1.807, 2.05) is 29.6 Å². The molecule has 0 aliphatic rings. The summed E-state index contributed by atoms with van der Waals surface area (Å²) in [6.45, 7) is 0.614. The first-order valence-corrected chi connectivity index (χ1v) is 6.03. The van der Waals surface area contributed by atoms with E-state index in [0.29, 0.717) is 13.0 Å². The number of benzene rings is 1. The fraction of sp³-hybridized carbons (Fsp3) is 0.250. The van der Waals surface area contributed by atoms with Crippen molar-refractivity contribution in [2.75, 3.05) is 6.61 Å². The number of hydrogen-bond acceptors (Lipinski definition) is 4. The molecule has 1 heterocycles. The van der Waals surface area contributed by atoms with E-state index in [4.69, 9.17) is 9.84 Å². The van der Waals surface area contributed by atoms with E-state index in [-0.39, 0.29) is 6.61 Å². The van der Waals surface area contributed by atoms with Gasteiger partial charge in [0, 0.05) is 12.0 Å². The van der Waals surface area contributed by atoms with Gasteiger partial charge >= 0.3 is 0 Å². The topological polar surface area (TPSA) is 42.4 Å². The maximum atomic E-state index is 8.93. The Hall–Kier alpha value is -1.39.